The summed E-state index contributed by atoms with van der Waals surface area (Å²) in [5.74, 6) is 0.0516. The molecule has 2 aromatic rings. The van der Waals surface area contributed by atoms with Crippen molar-refractivity contribution in [2.24, 2.45) is 0 Å². The average Bonchev–Trinajstić information content (AvgIpc) is 3.11. The molecule has 3 nitrogen and oxygen atoms in total. The van der Waals surface area contributed by atoms with E-state index in [4.69, 9.17) is 23.2 Å². The normalized spacial score (nSPS) is 19.0. The maximum Gasteiger partial charge on any atom is 0.253 e. The highest BCUT2D eigenvalue weighted by atomic mass is 35.5. The Morgan fingerprint density at radius 2 is 1.88 bits per heavy atom. The molecule has 0 N–H and O–H groups in total. The number of halogens is 2. The van der Waals surface area contributed by atoms with Gasteiger partial charge in [-0.15, -0.1) is 11.3 Å². The lowest BCUT2D eigenvalue weighted by Gasteiger charge is -2.40. The van der Waals surface area contributed by atoms with Gasteiger partial charge in [-0.2, -0.15) is 0 Å². The molecule has 0 unspecified atom stereocenters. The number of hydrogen-bond donors (Lipinski definition) is 0. The molecule has 3 heterocycles. The molecule has 0 aliphatic carbocycles. The van der Waals surface area contributed by atoms with E-state index < -0.39 is 0 Å². The van der Waals surface area contributed by atoms with Crippen LogP contribution in [0.15, 0.2) is 29.6 Å². The quantitative estimate of drug-likeness (QED) is 0.735. The zero-order valence-corrected chi connectivity index (χ0v) is 16.2. The van der Waals surface area contributed by atoms with Crippen LogP contribution >= 0.6 is 34.5 Å². The molecule has 4 rings (SSSR count). The number of carbonyl (C=O) groups excluding carboxylic acids is 1. The van der Waals surface area contributed by atoms with Crippen molar-refractivity contribution < 1.29 is 4.79 Å². The van der Waals surface area contributed by atoms with Crippen LogP contribution in [0.4, 0.5) is 0 Å². The molecule has 0 spiro atoms. The minimum absolute atomic E-state index is 0.0516. The first-order valence-electron chi connectivity index (χ1n) is 8.65. The van der Waals surface area contributed by atoms with E-state index in [-0.39, 0.29) is 5.91 Å². The molecule has 0 radical (unpaired) electrons. The summed E-state index contributed by atoms with van der Waals surface area (Å²) in [5, 5.41) is 3.12. The minimum atomic E-state index is 0.0516. The third-order valence-corrected chi connectivity index (χ3v) is 7.03. The summed E-state index contributed by atoms with van der Waals surface area (Å²) < 4.78 is 0. The average molecular weight is 395 g/mol. The van der Waals surface area contributed by atoms with Crippen molar-refractivity contribution in [2.75, 3.05) is 19.6 Å². The number of amides is 1. The molecule has 25 heavy (non-hydrogen) atoms. The Kier molecular flexibility index (Phi) is 5.05. The van der Waals surface area contributed by atoms with Crippen LogP contribution in [0, 0.1) is 0 Å². The van der Waals surface area contributed by atoms with Crippen molar-refractivity contribution in [1.29, 1.82) is 0 Å². The molecular weight excluding hydrogens is 375 g/mol. The van der Waals surface area contributed by atoms with Gasteiger partial charge in [-0.1, -0.05) is 23.2 Å². The number of thiophene rings is 1. The molecule has 1 aromatic heterocycles. The molecule has 1 fully saturated rings. The number of fused-ring (bicyclic) bond motifs is 1. The van der Waals surface area contributed by atoms with E-state index in [1.54, 1.807) is 23.1 Å². The molecule has 0 bridgehead atoms. The fraction of sp³-hybridized carbons (Fsp3) is 0.421. The number of benzene rings is 1. The monoisotopic (exact) mass is 394 g/mol. The summed E-state index contributed by atoms with van der Waals surface area (Å²) in [6, 6.07) is 7.95. The fourth-order valence-corrected chi connectivity index (χ4v) is 5.02. The van der Waals surface area contributed by atoms with Gasteiger partial charge in [0.15, 0.2) is 0 Å². The Morgan fingerprint density at radius 3 is 2.64 bits per heavy atom. The van der Waals surface area contributed by atoms with Gasteiger partial charge in [0, 0.05) is 42.7 Å². The van der Waals surface area contributed by atoms with Gasteiger partial charge in [-0.25, -0.2) is 0 Å². The molecule has 1 amide bonds. The summed E-state index contributed by atoms with van der Waals surface area (Å²) in [6.07, 6.45) is 3.23. The van der Waals surface area contributed by atoms with Crippen LogP contribution in [0.5, 0.6) is 0 Å². The van der Waals surface area contributed by atoms with E-state index in [2.05, 4.69) is 16.3 Å². The third-order valence-electron chi connectivity index (χ3n) is 5.27. The van der Waals surface area contributed by atoms with Crippen LogP contribution < -0.4 is 0 Å². The lowest BCUT2D eigenvalue weighted by Crippen LogP contribution is -2.47. The molecule has 2 aliphatic rings. The second-order valence-electron chi connectivity index (χ2n) is 6.74. The summed E-state index contributed by atoms with van der Waals surface area (Å²) in [6.45, 7) is 3.80. The van der Waals surface area contributed by atoms with E-state index in [1.165, 1.54) is 5.56 Å². The first-order chi connectivity index (χ1) is 12.1. The van der Waals surface area contributed by atoms with Gasteiger partial charge in [0.05, 0.1) is 10.0 Å². The van der Waals surface area contributed by atoms with Gasteiger partial charge in [-0.3, -0.25) is 9.69 Å². The van der Waals surface area contributed by atoms with Gasteiger partial charge in [0.25, 0.3) is 5.91 Å². The Balaban J connectivity index is 1.37. The zero-order valence-electron chi connectivity index (χ0n) is 13.9. The highest BCUT2D eigenvalue weighted by Gasteiger charge is 2.29. The molecule has 132 valence electrons. The van der Waals surface area contributed by atoms with E-state index in [0.717, 1.165) is 45.4 Å². The smallest absolute Gasteiger partial charge is 0.253 e. The largest absolute Gasteiger partial charge is 0.339 e. The summed E-state index contributed by atoms with van der Waals surface area (Å²) in [4.78, 5) is 18.8. The van der Waals surface area contributed by atoms with Crippen molar-refractivity contribution in [3.63, 3.8) is 0 Å². The molecular formula is C19H20Cl2N2OS. The van der Waals surface area contributed by atoms with Crippen LogP contribution in [-0.4, -0.2) is 41.4 Å². The molecule has 2 aliphatic heterocycles. The maximum atomic E-state index is 12.7. The summed E-state index contributed by atoms with van der Waals surface area (Å²) in [7, 11) is 0. The number of carbonyl (C=O) groups is 1. The van der Waals surface area contributed by atoms with Crippen molar-refractivity contribution in [3.8, 4) is 0 Å². The van der Waals surface area contributed by atoms with Gasteiger partial charge < -0.3 is 4.90 Å². The van der Waals surface area contributed by atoms with Crippen LogP contribution in [0.2, 0.25) is 10.0 Å². The standard InChI is InChI=1S/C19H20Cl2N2OS/c20-16-2-1-13(11-17(16)21)19(24)22-7-3-15(4-8-22)23-9-5-18-14(12-23)6-10-25-18/h1-2,6,10-11,15H,3-5,7-9,12H2. The van der Waals surface area contributed by atoms with Crippen LogP contribution in [-0.2, 0) is 13.0 Å². The predicted molar refractivity (Wildman–Crippen MR) is 104 cm³/mol. The number of rotatable bonds is 2. The maximum absolute atomic E-state index is 12.7. The van der Waals surface area contributed by atoms with Gasteiger partial charge >= 0.3 is 0 Å². The van der Waals surface area contributed by atoms with Gasteiger partial charge in [0.2, 0.25) is 0 Å². The van der Waals surface area contributed by atoms with E-state index >= 15 is 0 Å². The first kappa shape index (κ1) is 17.3. The second kappa shape index (κ2) is 7.28. The highest BCUT2D eigenvalue weighted by molar-refractivity contribution is 7.10. The molecule has 0 atom stereocenters. The third kappa shape index (κ3) is 3.59. The van der Waals surface area contributed by atoms with Crippen molar-refractivity contribution in [3.05, 3.63) is 55.7 Å². The minimum Gasteiger partial charge on any atom is -0.339 e. The lowest BCUT2D eigenvalue weighted by molar-refractivity contribution is 0.0600. The van der Waals surface area contributed by atoms with E-state index in [9.17, 15) is 4.79 Å². The van der Waals surface area contributed by atoms with Crippen molar-refractivity contribution >= 4 is 40.4 Å². The van der Waals surface area contributed by atoms with Gasteiger partial charge in [-0.05, 0) is 54.5 Å². The van der Waals surface area contributed by atoms with Crippen molar-refractivity contribution in [1.82, 2.24) is 9.80 Å². The Morgan fingerprint density at radius 1 is 1.08 bits per heavy atom. The molecule has 1 aromatic carbocycles. The molecule has 0 saturated carbocycles. The molecule has 6 heteroatoms. The number of nitrogens with zero attached hydrogens (tertiary/aromatic N) is 2. The Labute approximate surface area is 162 Å². The second-order valence-corrected chi connectivity index (χ2v) is 8.56. The molecule has 1 saturated heterocycles. The Bertz CT molecular complexity index is 783. The van der Waals surface area contributed by atoms with Crippen LogP contribution in [0.1, 0.15) is 33.6 Å². The first-order valence-corrected chi connectivity index (χ1v) is 10.3. The lowest BCUT2D eigenvalue weighted by atomic mass is 9.99. The van der Waals surface area contributed by atoms with Gasteiger partial charge in [0.1, 0.15) is 0 Å². The van der Waals surface area contributed by atoms with E-state index in [0.29, 0.717) is 21.7 Å². The topological polar surface area (TPSA) is 23.6 Å². The summed E-state index contributed by atoms with van der Waals surface area (Å²) >= 11 is 13.9. The summed E-state index contributed by atoms with van der Waals surface area (Å²) in [5.41, 5.74) is 2.11. The number of likely N-dealkylation sites (tertiary alicyclic amines) is 1. The zero-order chi connectivity index (χ0) is 17.4. The highest BCUT2D eigenvalue weighted by Crippen LogP contribution is 2.29. The van der Waals surface area contributed by atoms with Crippen molar-refractivity contribution in [2.45, 2.75) is 31.8 Å². The van der Waals surface area contributed by atoms with E-state index in [1.807, 2.05) is 16.2 Å². The number of piperidine rings is 1. The fourth-order valence-electron chi connectivity index (χ4n) is 3.83. The number of hydrogen-bond acceptors (Lipinski definition) is 3. The Hall–Kier alpha value is -1.07. The predicted octanol–water partition coefficient (Wildman–Crippen LogP) is 4.72. The van der Waals surface area contributed by atoms with Crippen LogP contribution in [0.25, 0.3) is 0 Å². The SMILES string of the molecule is O=C(c1ccc(Cl)c(Cl)c1)N1CCC(N2CCc3sccc3C2)CC1. The van der Waals surface area contributed by atoms with Crippen LogP contribution in [0.3, 0.4) is 0 Å².